The van der Waals surface area contributed by atoms with E-state index in [1.807, 2.05) is 18.2 Å². The third-order valence-corrected chi connectivity index (χ3v) is 3.79. The molecule has 0 aromatic heterocycles. The highest BCUT2D eigenvalue weighted by atomic mass is 16.5. The Morgan fingerprint density at radius 3 is 2.07 bits per heavy atom. The molecule has 0 bridgehead atoms. The zero-order valence-electron chi connectivity index (χ0n) is 15.6. The number of aliphatic carboxylic acids is 2. The largest absolute Gasteiger partial charge is 0.493 e. The predicted molar refractivity (Wildman–Crippen MR) is 101 cm³/mol. The van der Waals surface area contributed by atoms with Gasteiger partial charge in [0.05, 0.1) is 14.2 Å². The maximum absolute atomic E-state index is 9.10. The molecule has 2 rings (SSSR count). The lowest BCUT2D eigenvalue weighted by Gasteiger charge is -2.14. The summed E-state index contributed by atoms with van der Waals surface area (Å²) in [4.78, 5) is 18.2. The van der Waals surface area contributed by atoms with Gasteiger partial charge >= 0.3 is 11.9 Å². The van der Waals surface area contributed by atoms with Crippen LogP contribution in [-0.4, -0.2) is 42.9 Å². The minimum atomic E-state index is -1.82. The van der Waals surface area contributed by atoms with Crippen LogP contribution in [0.4, 0.5) is 0 Å². The van der Waals surface area contributed by atoms with E-state index >= 15 is 0 Å². The molecule has 0 amide bonds. The number of hydrogen-bond donors (Lipinski definition) is 3. The van der Waals surface area contributed by atoms with E-state index in [-0.39, 0.29) is 0 Å². The second-order valence-electron chi connectivity index (χ2n) is 5.64. The Morgan fingerprint density at radius 2 is 1.56 bits per heavy atom. The SMILES string of the molecule is COc1ccc(CCNC(C)c2ccccc2)cc1OC.O=C(O)C(=O)O. The van der Waals surface area contributed by atoms with Crippen molar-refractivity contribution in [3.63, 3.8) is 0 Å². The van der Waals surface area contributed by atoms with Gasteiger partial charge in [-0.05, 0) is 43.1 Å². The smallest absolute Gasteiger partial charge is 0.414 e. The highest BCUT2D eigenvalue weighted by Crippen LogP contribution is 2.27. The first-order valence-electron chi connectivity index (χ1n) is 8.34. The van der Waals surface area contributed by atoms with Crippen LogP contribution in [-0.2, 0) is 16.0 Å². The zero-order chi connectivity index (χ0) is 20.2. The molecule has 2 aromatic carbocycles. The van der Waals surface area contributed by atoms with Gasteiger partial charge in [0.25, 0.3) is 0 Å². The molecular formula is C20H25NO6. The van der Waals surface area contributed by atoms with Gasteiger partial charge in [0.15, 0.2) is 11.5 Å². The van der Waals surface area contributed by atoms with Crippen molar-refractivity contribution in [2.45, 2.75) is 19.4 Å². The first kappa shape index (κ1) is 22.0. The molecule has 0 heterocycles. The number of nitrogens with one attached hydrogen (secondary N) is 1. The molecule has 0 radical (unpaired) electrons. The molecule has 7 nitrogen and oxygen atoms in total. The Balaban J connectivity index is 0.000000527. The van der Waals surface area contributed by atoms with Gasteiger partial charge in [-0.15, -0.1) is 0 Å². The third kappa shape index (κ3) is 7.79. The number of carboxylic acid groups (broad SMARTS) is 2. The van der Waals surface area contributed by atoms with Crippen molar-refractivity contribution in [3.8, 4) is 11.5 Å². The lowest BCUT2D eigenvalue weighted by atomic mass is 10.1. The summed E-state index contributed by atoms with van der Waals surface area (Å²) in [7, 11) is 3.32. The van der Waals surface area contributed by atoms with Crippen molar-refractivity contribution in [2.24, 2.45) is 0 Å². The predicted octanol–water partition coefficient (Wildman–Crippen LogP) is 2.75. The maximum atomic E-state index is 9.10. The second-order valence-corrected chi connectivity index (χ2v) is 5.64. The molecule has 3 N–H and O–H groups in total. The lowest BCUT2D eigenvalue weighted by Crippen LogP contribution is -2.21. The Kier molecular flexibility index (Phi) is 9.39. The van der Waals surface area contributed by atoms with Crippen LogP contribution in [0.2, 0.25) is 0 Å². The summed E-state index contributed by atoms with van der Waals surface area (Å²) in [6.07, 6.45) is 0.956. The number of carbonyl (C=O) groups is 2. The first-order valence-corrected chi connectivity index (χ1v) is 8.34. The molecule has 7 heteroatoms. The van der Waals surface area contributed by atoms with Gasteiger partial charge in [0.1, 0.15) is 0 Å². The normalized spacial score (nSPS) is 10.9. The van der Waals surface area contributed by atoms with E-state index in [9.17, 15) is 0 Å². The van der Waals surface area contributed by atoms with Crippen LogP contribution in [0, 0.1) is 0 Å². The van der Waals surface area contributed by atoms with Crippen LogP contribution in [0.5, 0.6) is 11.5 Å². The van der Waals surface area contributed by atoms with E-state index in [0.717, 1.165) is 24.5 Å². The monoisotopic (exact) mass is 375 g/mol. The molecule has 0 aliphatic heterocycles. The number of rotatable bonds is 7. The topological polar surface area (TPSA) is 105 Å². The molecule has 0 saturated carbocycles. The van der Waals surface area contributed by atoms with Crippen LogP contribution in [0.3, 0.4) is 0 Å². The minimum Gasteiger partial charge on any atom is -0.493 e. The zero-order valence-corrected chi connectivity index (χ0v) is 15.6. The van der Waals surface area contributed by atoms with Gasteiger partial charge in [0, 0.05) is 6.04 Å². The Labute approximate surface area is 158 Å². The summed E-state index contributed by atoms with van der Waals surface area (Å²) in [6, 6.07) is 16.9. The number of benzene rings is 2. The molecule has 146 valence electrons. The minimum absolute atomic E-state index is 0.353. The molecular weight excluding hydrogens is 350 g/mol. The summed E-state index contributed by atoms with van der Waals surface area (Å²) in [6.45, 7) is 3.11. The fourth-order valence-corrected chi connectivity index (χ4v) is 2.33. The Bertz CT molecular complexity index is 721. The van der Waals surface area contributed by atoms with Crippen molar-refractivity contribution in [1.29, 1.82) is 0 Å². The standard InChI is InChI=1S/C18H23NO2.C2H2O4/c1-14(16-7-5-4-6-8-16)19-12-11-15-9-10-17(20-2)18(13-15)21-3;3-1(4)2(5)6/h4-10,13-14,19H,11-12H2,1-3H3;(H,3,4)(H,5,6). The van der Waals surface area contributed by atoms with Gasteiger partial charge in [-0.2, -0.15) is 0 Å². The number of carboxylic acids is 2. The van der Waals surface area contributed by atoms with E-state index < -0.39 is 11.9 Å². The van der Waals surface area contributed by atoms with Crippen molar-refractivity contribution in [3.05, 3.63) is 59.7 Å². The maximum Gasteiger partial charge on any atom is 0.414 e. The molecule has 0 spiro atoms. The summed E-state index contributed by atoms with van der Waals surface area (Å²) >= 11 is 0. The summed E-state index contributed by atoms with van der Waals surface area (Å²) in [5.74, 6) is -2.09. The van der Waals surface area contributed by atoms with Gasteiger partial charge in [-0.25, -0.2) is 9.59 Å². The fraction of sp³-hybridized carbons (Fsp3) is 0.300. The number of ether oxygens (including phenoxy) is 2. The first-order chi connectivity index (χ1) is 12.9. The van der Waals surface area contributed by atoms with E-state index in [4.69, 9.17) is 29.3 Å². The van der Waals surface area contributed by atoms with Gasteiger partial charge < -0.3 is 25.0 Å². The molecule has 27 heavy (non-hydrogen) atoms. The highest BCUT2D eigenvalue weighted by molar-refractivity contribution is 6.27. The molecule has 0 aliphatic rings. The summed E-state index contributed by atoms with van der Waals surface area (Å²) in [5.41, 5.74) is 2.55. The molecule has 0 aliphatic carbocycles. The van der Waals surface area contributed by atoms with Crippen molar-refractivity contribution in [2.75, 3.05) is 20.8 Å². The lowest BCUT2D eigenvalue weighted by molar-refractivity contribution is -0.159. The highest BCUT2D eigenvalue weighted by Gasteiger charge is 2.06. The van der Waals surface area contributed by atoms with Crippen LogP contribution in [0.25, 0.3) is 0 Å². The second kappa shape index (κ2) is 11.5. The molecule has 1 atom stereocenters. The summed E-state index contributed by atoms with van der Waals surface area (Å²) in [5, 5.41) is 18.3. The number of methoxy groups -OCH3 is 2. The number of hydrogen-bond acceptors (Lipinski definition) is 5. The quantitative estimate of drug-likeness (QED) is 0.639. The van der Waals surface area contributed by atoms with Crippen LogP contribution in [0.15, 0.2) is 48.5 Å². The van der Waals surface area contributed by atoms with Crippen LogP contribution < -0.4 is 14.8 Å². The third-order valence-electron chi connectivity index (χ3n) is 3.79. The Hall–Kier alpha value is -3.06. The van der Waals surface area contributed by atoms with E-state index in [2.05, 4.69) is 42.6 Å². The molecule has 1 unspecified atom stereocenters. The molecule has 0 fully saturated rings. The fourth-order valence-electron chi connectivity index (χ4n) is 2.33. The van der Waals surface area contributed by atoms with Crippen molar-refractivity contribution in [1.82, 2.24) is 5.32 Å². The van der Waals surface area contributed by atoms with Crippen LogP contribution in [0.1, 0.15) is 24.1 Å². The average molecular weight is 375 g/mol. The van der Waals surface area contributed by atoms with E-state index in [0.29, 0.717) is 6.04 Å². The summed E-state index contributed by atoms with van der Waals surface area (Å²) < 4.78 is 10.6. The average Bonchev–Trinajstić information content (AvgIpc) is 2.68. The van der Waals surface area contributed by atoms with E-state index in [1.165, 1.54) is 11.1 Å². The molecule has 0 saturated heterocycles. The van der Waals surface area contributed by atoms with Crippen molar-refractivity contribution < 1.29 is 29.3 Å². The Morgan fingerprint density at radius 1 is 0.963 bits per heavy atom. The van der Waals surface area contributed by atoms with Crippen molar-refractivity contribution >= 4 is 11.9 Å². The van der Waals surface area contributed by atoms with Gasteiger partial charge in [-0.3, -0.25) is 0 Å². The van der Waals surface area contributed by atoms with E-state index in [1.54, 1.807) is 14.2 Å². The molecule has 2 aromatic rings. The van der Waals surface area contributed by atoms with Gasteiger partial charge in [-0.1, -0.05) is 36.4 Å². The van der Waals surface area contributed by atoms with Gasteiger partial charge in [0.2, 0.25) is 0 Å². The van der Waals surface area contributed by atoms with Crippen LogP contribution >= 0.6 is 0 Å².